The molecule has 0 saturated carbocycles. The summed E-state index contributed by atoms with van der Waals surface area (Å²) in [5.74, 6) is 0. The first-order chi connectivity index (χ1) is 7.38. The van der Waals surface area contributed by atoms with Crippen LogP contribution in [0.2, 0.25) is 0 Å². The van der Waals surface area contributed by atoms with E-state index in [1.54, 1.807) is 0 Å². The van der Waals surface area contributed by atoms with Gasteiger partial charge in [0.1, 0.15) is 0 Å². The lowest BCUT2D eigenvalue weighted by atomic mass is 10.0. The van der Waals surface area contributed by atoms with Crippen molar-refractivity contribution in [3.8, 4) is 0 Å². The van der Waals surface area contributed by atoms with Gasteiger partial charge in [0.15, 0.2) is 18.0 Å². The molecule has 1 aromatic rings. The summed E-state index contributed by atoms with van der Waals surface area (Å²) in [6, 6.07) is 6.02. The third kappa shape index (κ3) is 2.47. The second-order valence-electron chi connectivity index (χ2n) is 3.32. The maximum absolute atomic E-state index is 3.73. The summed E-state index contributed by atoms with van der Waals surface area (Å²) in [5, 5.41) is 0. The minimum atomic E-state index is 1.14. The van der Waals surface area contributed by atoms with Crippen molar-refractivity contribution in [1.82, 2.24) is 0 Å². The van der Waals surface area contributed by atoms with Crippen molar-refractivity contribution in [2.24, 2.45) is 0 Å². The maximum atomic E-state index is 3.73. The second-order valence-corrected chi connectivity index (χ2v) is 3.32. The van der Waals surface area contributed by atoms with Gasteiger partial charge >= 0.3 is 0 Å². The summed E-state index contributed by atoms with van der Waals surface area (Å²) < 4.78 is 2.03. The molecular formula is C14H13N+2. The minimum absolute atomic E-state index is 1.14. The van der Waals surface area contributed by atoms with Gasteiger partial charge in [-0.25, -0.2) is 0 Å². The molecule has 0 atom stereocenters. The highest BCUT2D eigenvalue weighted by atomic mass is 14.9. The molecule has 0 spiro atoms. The van der Waals surface area contributed by atoms with Gasteiger partial charge in [0.2, 0.25) is 0 Å². The summed E-state index contributed by atoms with van der Waals surface area (Å²) in [6.07, 6.45) is 16.2. The lowest BCUT2D eigenvalue weighted by molar-refractivity contribution is -0.568. The Bertz CT molecular complexity index is 436. The zero-order valence-corrected chi connectivity index (χ0v) is 8.51. The Kier molecular flexibility index (Phi) is 2.84. The molecule has 0 saturated heterocycles. The Hall–Kier alpha value is -2.02. The lowest BCUT2D eigenvalue weighted by Gasteiger charge is -1.94. The van der Waals surface area contributed by atoms with E-state index >= 15 is 0 Å². The van der Waals surface area contributed by atoms with Gasteiger partial charge in [-0.3, -0.25) is 0 Å². The molecule has 0 bridgehead atoms. The number of hydrogen-bond donors (Lipinski definition) is 0. The fourth-order valence-corrected chi connectivity index (χ4v) is 1.39. The SMILES string of the molecule is C=CC1=C[CH+]C(=C[n+]2ccccc2)C=C1. The Labute approximate surface area is 90.4 Å². The predicted octanol–water partition coefficient (Wildman–Crippen LogP) is 2.70. The second kappa shape index (κ2) is 4.47. The van der Waals surface area contributed by atoms with E-state index in [-0.39, 0.29) is 0 Å². The molecule has 1 nitrogen and oxygen atoms in total. The first-order valence-electron chi connectivity index (χ1n) is 4.91. The molecule has 0 amide bonds. The van der Waals surface area contributed by atoms with Crippen molar-refractivity contribution in [2.75, 3.05) is 0 Å². The number of aromatic nitrogens is 1. The molecule has 1 aromatic heterocycles. The molecule has 0 fully saturated rings. The van der Waals surface area contributed by atoms with E-state index < -0.39 is 0 Å². The van der Waals surface area contributed by atoms with Crippen LogP contribution in [0.5, 0.6) is 0 Å². The summed E-state index contributed by atoms with van der Waals surface area (Å²) >= 11 is 0. The molecule has 0 unspecified atom stereocenters. The molecular weight excluding hydrogens is 182 g/mol. The van der Waals surface area contributed by atoms with Gasteiger partial charge in [0.05, 0.1) is 5.57 Å². The molecule has 72 valence electrons. The van der Waals surface area contributed by atoms with Crippen LogP contribution in [0.15, 0.2) is 72.6 Å². The molecule has 2 rings (SSSR count). The molecule has 0 aliphatic heterocycles. The Morgan fingerprint density at radius 1 is 1.13 bits per heavy atom. The summed E-state index contributed by atoms with van der Waals surface area (Å²) in [4.78, 5) is 0. The summed E-state index contributed by atoms with van der Waals surface area (Å²) in [5.41, 5.74) is 2.32. The third-order valence-electron chi connectivity index (χ3n) is 2.21. The average Bonchev–Trinajstić information content (AvgIpc) is 2.31. The molecule has 1 aliphatic rings. The van der Waals surface area contributed by atoms with Gasteiger partial charge in [-0.05, 0) is 6.08 Å². The smallest absolute Gasteiger partial charge is 0.132 e. The number of hydrogen-bond acceptors (Lipinski definition) is 0. The number of pyridine rings is 1. The normalized spacial score (nSPS) is 17.1. The zero-order chi connectivity index (χ0) is 10.5. The Morgan fingerprint density at radius 2 is 1.93 bits per heavy atom. The van der Waals surface area contributed by atoms with E-state index in [2.05, 4.69) is 37.4 Å². The molecule has 1 aliphatic carbocycles. The zero-order valence-electron chi connectivity index (χ0n) is 8.51. The highest BCUT2D eigenvalue weighted by Crippen LogP contribution is 2.14. The van der Waals surface area contributed by atoms with Gasteiger partial charge in [0.25, 0.3) is 6.20 Å². The van der Waals surface area contributed by atoms with Crippen LogP contribution in [0.3, 0.4) is 0 Å². The minimum Gasteiger partial charge on any atom is -0.132 e. The van der Waals surface area contributed by atoms with Crippen LogP contribution < -0.4 is 4.57 Å². The van der Waals surface area contributed by atoms with Crippen molar-refractivity contribution in [1.29, 1.82) is 0 Å². The van der Waals surface area contributed by atoms with Gasteiger partial charge in [-0.2, -0.15) is 0 Å². The van der Waals surface area contributed by atoms with Crippen LogP contribution >= 0.6 is 0 Å². The largest absolute Gasteiger partial charge is 0.256 e. The van der Waals surface area contributed by atoms with Crippen molar-refractivity contribution < 1.29 is 4.57 Å². The quantitative estimate of drug-likeness (QED) is 0.504. The van der Waals surface area contributed by atoms with E-state index in [4.69, 9.17) is 0 Å². The standard InChI is InChI=1S/C14H13N/c1-2-13-6-8-14(9-7-13)12-15-10-4-3-5-11-15/h2-12H,1H2/q+2. The summed E-state index contributed by atoms with van der Waals surface area (Å²) in [7, 11) is 0. The maximum Gasteiger partial charge on any atom is 0.256 e. The van der Waals surface area contributed by atoms with E-state index in [0.717, 1.165) is 5.57 Å². The first-order valence-corrected chi connectivity index (χ1v) is 4.91. The van der Waals surface area contributed by atoms with Crippen LogP contribution in [-0.4, -0.2) is 0 Å². The van der Waals surface area contributed by atoms with Crippen molar-refractivity contribution >= 4 is 6.20 Å². The molecule has 0 radical (unpaired) electrons. The van der Waals surface area contributed by atoms with E-state index in [9.17, 15) is 0 Å². The van der Waals surface area contributed by atoms with Crippen molar-refractivity contribution in [3.05, 3.63) is 79.0 Å². The van der Waals surface area contributed by atoms with Gasteiger partial charge in [-0.1, -0.05) is 12.6 Å². The van der Waals surface area contributed by atoms with Gasteiger partial charge < -0.3 is 0 Å². The highest BCUT2D eigenvalue weighted by molar-refractivity contribution is 5.50. The average molecular weight is 195 g/mol. The van der Waals surface area contributed by atoms with Crippen LogP contribution in [0.25, 0.3) is 6.20 Å². The molecule has 1 heteroatoms. The highest BCUT2D eigenvalue weighted by Gasteiger charge is 2.10. The summed E-state index contributed by atoms with van der Waals surface area (Å²) in [6.45, 7) is 3.73. The number of nitrogens with zero attached hydrogens (tertiary/aromatic N) is 1. The molecule has 15 heavy (non-hydrogen) atoms. The van der Waals surface area contributed by atoms with Crippen LogP contribution in [0.4, 0.5) is 0 Å². The Morgan fingerprint density at radius 3 is 2.53 bits per heavy atom. The van der Waals surface area contributed by atoms with Crippen LogP contribution in [0.1, 0.15) is 0 Å². The first kappa shape index (κ1) is 9.53. The van der Waals surface area contributed by atoms with Crippen LogP contribution in [0, 0.1) is 6.42 Å². The van der Waals surface area contributed by atoms with Crippen molar-refractivity contribution in [2.45, 2.75) is 0 Å². The fourth-order valence-electron chi connectivity index (χ4n) is 1.39. The predicted molar refractivity (Wildman–Crippen MR) is 62.6 cm³/mol. The molecule has 1 heterocycles. The van der Waals surface area contributed by atoms with E-state index in [1.807, 2.05) is 41.2 Å². The van der Waals surface area contributed by atoms with Gasteiger partial charge in [-0.15, -0.1) is 4.57 Å². The lowest BCUT2D eigenvalue weighted by Crippen LogP contribution is -2.24. The van der Waals surface area contributed by atoms with E-state index in [0.29, 0.717) is 0 Å². The molecule has 0 N–H and O–H groups in total. The third-order valence-corrected chi connectivity index (χ3v) is 2.21. The monoisotopic (exact) mass is 195 g/mol. The fraction of sp³-hybridized carbons (Fsp3) is 0. The van der Waals surface area contributed by atoms with Gasteiger partial charge in [0, 0.05) is 36.8 Å². The number of rotatable bonds is 2. The van der Waals surface area contributed by atoms with E-state index in [1.165, 1.54) is 5.57 Å². The molecule has 0 aromatic carbocycles. The van der Waals surface area contributed by atoms with Crippen LogP contribution in [-0.2, 0) is 0 Å². The van der Waals surface area contributed by atoms with Crippen molar-refractivity contribution in [3.63, 3.8) is 0 Å². The Balaban J connectivity index is 2.16. The topological polar surface area (TPSA) is 3.88 Å². The number of allylic oxidation sites excluding steroid dienone is 6.